The molecule has 0 amide bonds. The molecule has 118 valence electrons. The van der Waals surface area contributed by atoms with E-state index in [0.717, 1.165) is 18.1 Å². The molecule has 1 aromatic rings. The normalized spacial score (nSPS) is 11.9. The SMILES string of the molecule is CCNC(=NCc1cccc(OCC(F)F)c1)NC(C)C. The predicted molar refractivity (Wildman–Crippen MR) is 81.0 cm³/mol. The second kappa shape index (κ2) is 9.15. The number of ether oxygens (including phenoxy) is 1. The lowest BCUT2D eigenvalue weighted by atomic mass is 10.2. The van der Waals surface area contributed by atoms with Gasteiger partial charge in [-0.1, -0.05) is 12.1 Å². The summed E-state index contributed by atoms with van der Waals surface area (Å²) in [7, 11) is 0. The van der Waals surface area contributed by atoms with Gasteiger partial charge in [0.25, 0.3) is 6.43 Å². The Morgan fingerprint density at radius 2 is 2.10 bits per heavy atom. The molecular weight excluding hydrogens is 276 g/mol. The lowest BCUT2D eigenvalue weighted by Crippen LogP contribution is -2.40. The minimum atomic E-state index is -2.47. The molecule has 0 spiro atoms. The Morgan fingerprint density at radius 3 is 2.71 bits per heavy atom. The fraction of sp³-hybridized carbons (Fsp3) is 0.533. The maximum atomic E-state index is 12.1. The predicted octanol–water partition coefficient (Wildman–Crippen LogP) is 2.79. The number of nitrogens with zero attached hydrogens (tertiary/aromatic N) is 1. The molecule has 1 rings (SSSR count). The highest BCUT2D eigenvalue weighted by atomic mass is 19.3. The molecule has 0 radical (unpaired) electrons. The summed E-state index contributed by atoms with van der Waals surface area (Å²) in [6.45, 7) is 6.70. The van der Waals surface area contributed by atoms with E-state index in [0.29, 0.717) is 12.3 Å². The summed E-state index contributed by atoms with van der Waals surface area (Å²) in [5.74, 6) is 1.16. The second-order valence-electron chi connectivity index (χ2n) is 4.84. The van der Waals surface area contributed by atoms with Crippen molar-refractivity contribution in [1.29, 1.82) is 0 Å². The highest BCUT2D eigenvalue weighted by Gasteiger charge is 2.04. The van der Waals surface area contributed by atoms with Crippen LogP contribution in [0.15, 0.2) is 29.3 Å². The fourth-order valence-electron chi connectivity index (χ4n) is 1.66. The van der Waals surface area contributed by atoms with Gasteiger partial charge in [0.2, 0.25) is 0 Å². The van der Waals surface area contributed by atoms with Crippen LogP contribution in [0.5, 0.6) is 5.75 Å². The van der Waals surface area contributed by atoms with Crippen molar-refractivity contribution in [2.75, 3.05) is 13.2 Å². The van der Waals surface area contributed by atoms with E-state index < -0.39 is 13.0 Å². The quantitative estimate of drug-likeness (QED) is 0.601. The van der Waals surface area contributed by atoms with E-state index in [1.807, 2.05) is 26.8 Å². The molecule has 0 aliphatic carbocycles. The summed E-state index contributed by atoms with van der Waals surface area (Å²) < 4.78 is 29.2. The molecule has 4 nitrogen and oxygen atoms in total. The molecule has 2 N–H and O–H groups in total. The largest absolute Gasteiger partial charge is 0.488 e. The van der Waals surface area contributed by atoms with E-state index in [-0.39, 0.29) is 6.04 Å². The third kappa shape index (κ3) is 7.48. The highest BCUT2D eigenvalue weighted by Crippen LogP contribution is 2.14. The monoisotopic (exact) mass is 299 g/mol. The zero-order chi connectivity index (χ0) is 15.7. The smallest absolute Gasteiger partial charge is 0.272 e. The number of alkyl halides is 2. The molecule has 0 unspecified atom stereocenters. The molecule has 0 atom stereocenters. The van der Waals surface area contributed by atoms with Crippen LogP contribution in [-0.2, 0) is 6.54 Å². The first-order valence-electron chi connectivity index (χ1n) is 7.06. The lowest BCUT2D eigenvalue weighted by Gasteiger charge is -2.14. The summed E-state index contributed by atoms with van der Waals surface area (Å²) in [5, 5.41) is 6.36. The average molecular weight is 299 g/mol. The van der Waals surface area contributed by atoms with Gasteiger partial charge < -0.3 is 15.4 Å². The zero-order valence-corrected chi connectivity index (χ0v) is 12.7. The van der Waals surface area contributed by atoms with E-state index in [4.69, 9.17) is 4.74 Å². The van der Waals surface area contributed by atoms with Crippen molar-refractivity contribution >= 4 is 5.96 Å². The van der Waals surface area contributed by atoms with E-state index in [9.17, 15) is 8.78 Å². The van der Waals surface area contributed by atoms with Crippen LogP contribution in [-0.4, -0.2) is 31.6 Å². The van der Waals surface area contributed by atoms with Gasteiger partial charge in [-0.25, -0.2) is 13.8 Å². The highest BCUT2D eigenvalue weighted by molar-refractivity contribution is 5.79. The molecule has 0 heterocycles. The van der Waals surface area contributed by atoms with E-state index in [1.165, 1.54) is 0 Å². The molecule has 0 saturated carbocycles. The van der Waals surface area contributed by atoms with E-state index >= 15 is 0 Å². The van der Waals surface area contributed by atoms with Crippen LogP contribution < -0.4 is 15.4 Å². The summed E-state index contributed by atoms with van der Waals surface area (Å²) in [5.41, 5.74) is 0.905. The van der Waals surface area contributed by atoms with Crippen LogP contribution in [0.3, 0.4) is 0 Å². The van der Waals surface area contributed by atoms with Gasteiger partial charge in [0.1, 0.15) is 12.4 Å². The van der Waals surface area contributed by atoms with Crippen molar-refractivity contribution in [2.24, 2.45) is 4.99 Å². The number of guanidine groups is 1. The van der Waals surface area contributed by atoms with Gasteiger partial charge in [0.05, 0.1) is 6.54 Å². The number of halogens is 2. The van der Waals surface area contributed by atoms with Gasteiger partial charge in [-0.05, 0) is 38.5 Å². The van der Waals surface area contributed by atoms with Crippen LogP contribution in [0.2, 0.25) is 0 Å². The number of hydrogen-bond acceptors (Lipinski definition) is 2. The molecule has 0 bridgehead atoms. The van der Waals surface area contributed by atoms with Gasteiger partial charge in [0.15, 0.2) is 5.96 Å². The van der Waals surface area contributed by atoms with Crippen LogP contribution >= 0.6 is 0 Å². The van der Waals surface area contributed by atoms with Gasteiger partial charge in [-0.2, -0.15) is 0 Å². The fourth-order valence-corrected chi connectivity index (χ4v) is 1.66. The maximum absolute atomic E-state index is 12.1. The first-order chi connectivity index (χ1) is 10.0. The minimum Gasteiger partial charge on any atom is -0.488 e. The number of nitrogens with one attached hydrogen (secondary N) is 2. The Balaban J connectivity index is 2.65. The van der Waals surface area contributed by atoms with Gasteiger partial charge in [-0.15, -0.1) is 0 Å². The van der Waals surface area contributed by atoms with E-state index in [2.05, 4.69) is 15.6 Å². The second-order valence-corrected chi connectivity index (χ2v) is 4.84. The zero-order valence-electron chi connectivity index (χ0n) is 12.7. The van der Waals surface area contributed by atoms with Crippen molar-refractivity contribution in [1.82, 2.24) is 10.6 Å². The molecule has 0 saturated heterocycles. The number of hydrogen-bond donors (Lipinski definition) is 2. The van der Waals surface area contributed by atoms with Crippen molar-refractivity contribution < 1.29 is 13.5 Å². The molecule has 1 aromatic carbocycles. The minimum absolute atomic E-state index is 0.281. The Bertz CT molecular complexity index is 450. The van der Waals surface area contributed by atoms with Gasteiger partial charge in [-0.3, -0.25) is 0 Å². The van der Waals surface area contributed by atoms with Crippen molar-refractivity contribution in [3.8, 4) is 5.75 Å². The van der Waals surface area contributed by atoms with Crippen LogP contribution in [0, 0.1) is 0 Å². The third-order valence-corrected chi connectivity index (χ3v) is 2.46. The Hall–Kier alpha value is -1.85. The maximum Gasteiger partial charge on any atom is 0.272 e. The molecule has 0 aromatic heterocycles. The molecule has 0 fully saturated rings. The molecule has 0 aliphatic rings. The third-order valence-electron chi connectivity index (χ3n) is 2.46. The first kappa shape index (κ1) is 17.2. The van der Waals surface area contributed by atoms with Crippen molar-refractivity contribution in [3.63, 3.8) is 0 Å². The number of benzene rings is 1. The topological polar surface area (TPSA) is 45.7 Å². The molecule has 0 aliphatic heterocycles. The van der Waals surface area contributed by atoms with Gasteiger partial charge in [0, 0.05) is 12.6 Å². The summed E-state index contributed by atoms with van der Waals surface area (Å²) in [6, 6.07) is 7.33. The molecule has 21 heavy (non-hydrogen) atoms. The van der Waals surface area contributed by atoms with Crippen molar-refractivity contribution in [3.05, 3.63) is 29.8 Å². The van der Waals surface area contributed by atoms with Gasteiger partial charge >= 0.3 is 0 Å². The van der Waals surface area contributed by atoms with Crippen LogP contribution in [0.1, 0.15) is 26.3 Å². The number of aliphatic imine (C=N–C) groups is 1. The summed E-state index contributed by atoms with van der Waals surface area (Å²) >= 11 is 0. The first-order valence-corrected chi connectivity index (χ1v) is 7.06. The summed E-state index contributed by atoms with van der Waals surface area (Å²) in [4.78, 5) is 4.45. The Labute approximate surface area is 124 Å². The summed E-state index contributed by atoms with van der Waals surface area (Å²) in [6.07, 6.45) is -2.47. The molecule has 6 heteroatoms. The van der Waals surface area contributed by atoms with Crippen LogP contribution in [0.25, 0.3) is 0 Å². The molecular formula is C15H23F2N3O. The Morgan fingerprint density at radius 1 is 1.33 bits per heavy atom. The van der Waals surface area contributed by atoms with Crippen LogP contribution in [0.4, 0.5) is 8.78 Å². The average Bonchev–Trinajstić information content (AvgIpc) is 2.43. The lowest BCUT2D eigenvalue weighted by molar-refractivity contribution is 0.0818. The Kier molecular flexibility index (Phi) is 7.50. The van der Waals surface area contributed by atoms with Crippen molar-refractivity contribution in [2.45, 2.75) is 39.8 Å². The standard InChI is InChI=1S/C15H23F2N3O/c1-4-18-15(20-11(2)3)19-9-12-6-5-7-13(8-12)21-10-14(16)17/h5-8,11,14H,4,9-10H2,1-3H3,(H2,18,19,20). The van der Waals surface area contributed by atoms with E-state index in [1.54, 1.807) is 18.2 Å². The number of rotatable bonds is 7.